The molecule has 8 nitrogen and oxygen atoms in total. The molecule has 3 aromatic rings. The van der Waals surface area contributed by atoms with E-state index >= 15 is 0 Å². The van der Waals surface area contributed by atoms with Gasteiger partial charge in [-0.15, -0.1) is 0 Å². The Morgan fingerprint density at radius 3 is 2.24 bits per heavy atom. The highest BCUT2D eigenvalue weighted by molar-refractivity contribution is 6.00. The minimum absolute atomic E-state index is 0.121. The number of hydrogen-bond donors (Lipinski definition) is 1. The Morgan fingerprint density at radius 1 is 0.868 bits per heavy atom. The lowest BCUT2D eigenvalue weighted by Crippen LogP contribution is -2.66. The molecule has 0 bridgehead atoms. The monoisotopic (exact) mass is 511 g/mol. The standard InChI is InChI=1S/C30H33N5O3/c1-21-19-34(23-13-15-25(16-14-23)38-24-11-7-4-8-12-24)29-31-27-26(35(29)20-21)28(36)33(30(37)32(27)2)18-17-22-9-5-3-6-10-22/h3-16,21,26-27,29,31H,17-20H2,1-2H3. The van der Waals surface area contributed by atoms with E-state index in [0.29, 0.717) is 18.9 Å². The number of amides is 3. The quantitative estimate of drug-likeness (QED) is 0.541. The van der Waals surface area contributed by atoms with Crippen molar-refractivity contribution in [3.05, 3.63) is 90.5 Å². The molecule has 4 atom stereocenters. The summed E-state index contributed by atoms with van der Waals surface area (Å²) in [5, 5.41) is 3.60. The molecular formula is C30H33N5O3. The van der Waals surface area contributed by atoms with E-state index < -0.39 is 6.04 Å². The van der Waals surface area contributed by atoms with Crippen molar-refractivity contribution in [1.82, 2.24) is 20.0 Å². The second-order valence-electron chi connectivity index (χ2n) is 10.4. The van der Waals surface area contributed by atoms with Crippen LogP contribution in [0.2, 0.25) is 0 Å². The third-order valence-electron chi connectivity index (χ3n) is 7.70. The number of nitrogens with one attached hydrogen (secondary N) is 1. The number of urea groups is 1. The molecule has 196 valence electrons. The number of anilines is 1. The van der Waals surface area contributed by atoms with E-state index in [1.807, 2.05) is 72.8 Å². The van der Waals surface area contributed by atoms with Gasteiger partial charge in [0.15, 0.2) is 0 Å². The number of para-hydroxylation sites is 1. The van der Waals surface area contributed by atoms with E-state index in [2.05, 4.69) is 34.2 Å². The molecule has 3 saturated heterocycles. The molecule has 6 rings (SSSR count). The van der Waals surface area contributed by atoms with Crippen LogP contribution >= 0.6 is 0 Å². The molecule has 3 aliphatic rings. The highest BCUT2D eigenvalue weighted by Crippen LogP contribution is 2.35. The van der Waals surface area contributed by atoms with Crippen LogP contribution in [0.25, 0.3) is 0 Å². The molecule has 0 aliphatic carbocycles. The minimum atomic E-state index is -0.426. The Bertz CT molecular complexity index is 1290. The van der Waals surface area contributed by atoms with Crippen LogP contribution in [-0.2, 0) is 11.2 Å². The fourth-order valence-corrected chi connectivity index (χ4v) is 5.84. The van der Waals surface area contributed by atoms with Crippen LogP contribution in [0.1, 0.15) is 12.5 Å². The summed E-state index contributed by atoms with van der Waals surface area (Å²) < 4.78 is 5.97. The smallest absolute Gasteiger partial charge is 0.327 e. The molecule has 38 heavy (non-hydrogen) atoms. The number of carbonyl (C=O) groups is 2. The van der Waals surface area contributed by atoms with Crippen LogP contribution in [0.4, 0.5) is 10.5 Å². The zero-order valence-electron chi connectivity index (χ0n) is 21.7. The van der Waals surface area contributed by atoms with Gasteiger partial charge in [-0.05, 0) is 54.3 Å². The van der Waals surface area contributed by atoms with Crippen molar-refractivity contribution in [2.24, 2.45) is 5.92 Å². The Kier molecular flexibility index (Phi) is 6.51. The number of carbonyl (C=O) groups excluding carboxylic acids is 2. The highest BCUT2D eigenvalue weighted by Gasteiger charge is 2.56. The Morgan fingerprint density at radius 2 is 1.53 bits per heavy atom. The topological polar surface area (TPSA) is 68.4 Å². The first-order chi connectivity index (χ1) is 18.5. The van der Waals surface area contributed by atoms with Gasteiger partial charge in [0.2, 0.25) is 0 Å². The van der Waals surface area contributed by atoms with E-state index in [-0.39, 0.29) is 24.4 Å². The van der Waals surface area contributed by atoms with Gasteiger partial charge in [0.05, 0.1) is 0 Å². The van der Waals surface area contributed by atoms with Gasteiger partial charge in [-0.25, -0.2) is 4.79 Å². The average Bonchev–Trinajstić information content (AvgIpc) is 3.33. The van der Waals surface area contributed by atoms with Crippen molar-refractivity contribution in [3.63, 3.8) is 0 Å². The Hall–Kier alpha value is -3.88. The molecule has 8 heteroatoms. The van der Waals surface area contributed by atoms with Gasteiger partial charge >= 0.3 is 6.03 Å². The second-order valence-corrected chi connectivity index (χ2v) is 10.4. The molecule has 3 heterocycles. The summed E-state index contributed by atoms with van der Waals surface area (Å²) in [6.45, 7) is 4.20. The normalized spacial score (nSPS) is 25.4. The lowest BCUT2D eigenvalue weighted by molar-refractivity contribution is -0.138. The maximum atomic E-state index is 13.8. The van der Waals surface area contributed by atoms with Crippen LogP contribution in [0.15, 0.2) is 84.9 Å². The van der Waals surface area contributed by atoms with Gasteiger partial charge in [0, 0.05) is 32.4 Å². The predicted octanol–water partition coefficient (Wildman–Crippen LogP) is 3.96. The fraction of sp³-hybridized carbons (Fsp3) is 0.333. The van der Waals surface area contributed by atoms with E-state index in [1.165, 1.54) is 4.90 Å². The first-order valence-electron chi connectivity index (χ1n) is 13.2. The summed E-state index contributed by atoms with van der Waals surface area (Å²) >= 11 is 0. The summed E-state index contributed by atoms with van der Waals surface area (Å²) in [7, 11) is 1.79. The SMILES string of the molecule is CC1CN(c2ccc(Oc3ccccc3)cc2)C2NC3C(C(=O)N(CCc4ccccc4)C(=O)N3C)N2C1. The number of nitrogens with zero attached hydrogens (tertiary/aromatic N) is 4. The molecule has 3 aromatic carbocycles. The van der Waals surface area contributed by atoms with Gasteiger partial charge in [-0.3, -0.25) is 19.9 Å². The summed E-state index contributed by atoms with van der Waals surface area (Å²) in [4.78, 5) is 34.7. The van der Waals surface area contributed by atoms with Crippen molar-refractivity contribution < 1.29 is 14.3 Å². The average molecular weight is 512 g/mol. The van der Waals surface area contributed by atoms with Crippen molar-refractivity contribution in [2.75, 3.05) is 31.6 Å². The summed E-state index contributed by atoms with van der Waals surface area (Å²) in [5.41, 5.74) is 2.15. The number of hydrogen-bond acceptors (Lipinski definition) is 6. The largest absolute Gasteiger partial charge is 0.457 e. The lowest BCUT2D eigenvalue weighted by atomic mass is 10.0. The third kappa shape index (κ3) is 4.50. The molecule has 3 amide bonds. The minimum Gasteiger partial charge on any atom is -0.457 e. The molecule has 0 aromatic heterocycles. The number of rotatable bonds is 6. The summed E-state index contributed by atoms with van der Waals surface area (Å²) in [6.07, 6.45) is 0.0807. The van der Waals surface area contributed by atoms with Gasteiger partial charge in [0.25, 0.3) is 5.91 Å². The van der Waals surface area contributed by atoms with E-state index in [1.54, 1.807) is 11.9 Å². The zero-order chi connectivity index (χ0) is 26.2. The van der Waals surface area contributed by atoms with Crippen molar-refractivity contribution in [3.8, 4) is 11.5 Å². The number of imide groups is 1. The fourth-order valence-electron chi connectivity index (χ4n) is 5.84. The predicted molar refractivity (Wildman–Crippen MR) is 146 cm³/mol. The first kappa shape index (κ1) is 24.5. The molecule has 1 N–H and O–H groups in total. The molecule has 0 saturated carbocycles. The Labute approximate surface area is 223 Å². The van der Waals surface area contributed by atoms with Gasteiger partial charge in [0.1, 0.15) is 30.0 Å². The van der Waals surface area contributed by atoms with Crippen molar-refractivity contribution >= 4 is 17.6 Å². The maximum absolute atomic E-state index is 13.8. The lowest BCUT2D eigenvalue weighted by Gasteiger charge is -2.46. The zero-order valence-corrected chi connectivity index (χ0v) is 21.7. The van der Waals surface area contributed by atoms with Crippen LogP contribution < -0.4 is 15.0 Å². The molecule has 3 aliphatic heterocycles. The summed E-state index contributed by atoms with van der Waals surface area (Å²) in [5.74, 6) is 1.79. The van der Waals surface area contributed by atoms with Gasteiger partial charge in [-0.1, -0.05) is 55.5 Å². The van der Waals surface area contributed by atoms with E-state index in [0.717, 1.165) is 35.8 Å². The number of ether oxygens (including phenoxy) is 1. The van der Waals surface area contributed by atoms with E-state index in [4.69, 9.17) is 4.74 Å². The van der Waals surface area contributed by atoms with E-state index in [9.17, 15) is 9.59 Å². The number of fused-ring (bicyclic) bond motifs is 3. The Balaban J connectivity index is 1.21. The maximum Gasteiger partial charge on any atom is 0.327 e. The third-order valence-corrected chi connectivity index (χ3v) is 7.70. The van der Waals surface area contributed by atoms with Crippen LogP contribution in [0.3, 0.4) is 0 Å². The second kappa shape index (κ2) is 10.1. The molecule has 0 radical (unpaired) electrons. The molecule has 0 spiro atoms. The van der Waals surface area contributed by atoms with Crippen molar-refractivity contribution in [2.45, 2.75) is 31.8 Å². The number of likely N-dealkylation sites (N-methyl/N-ethyl adjacent to an activating group) is 1. The molecule has 3 fully saturated rings. The first-order valence-corrected chi connectivity index (χ1v) is 13.2. The van der Waals surface area contributed by atoms with Crippen LogP contribution in [0, 0.1) is 5.92 Å². The highest BCUT2D eigenvalue weighted by atomic mass is 16.5. The van der Waals surface area contributed by atoms with Crippen LogP contribution in [-0.4, -0.2) is 71.8 Å². The number of benzene rings is 3. The van der Waals surface area contributed by atoms with Crippen molar-refractivity contribution in [1.29, 1.82) is 0 Å². The molecule has 4 unspecified atom stereocenters. The molecular weight excluding hydrogens is 478 g/mol. The summed E-state index contributed by atoms with van der Waals surface area (Å²) in [6, 6.07) is 27.1. The van der Waals surface area contributed by atoms with Gasteiger partial charge in [-0.2, -0.15) is 0 Å². The van der Waals surface area contributed by atoms with Crippen LogP contribution in [0.5, 0.6) is 11.5 Å². The van der Waals surface area contributed by atoms with Gasteiger partial charge < -0.3 is 14.5 Å².